The van der Waals surface area contributed by atoms with Crippen LogP contribution >= 0.6 is 0 Å². The van der Waals surface area contributed by atoms with Gasteiger partial charge in [0, 0.05) is 73.7 Å². The molecule has 0 N–H and O–H groups in total. The first-order valence-electron chi connectivity index (χ1n) is 24.9. The van der Waals surface area contributed by atoms with Gasteiger partial charge in [-0.25, -0.2) is 4.98 Å². The molecule has 0 aliphatic carbocycles. The molecule has 9 aromatic rings. The number of para-hydroxylation sites is 2. The Morgan fingerprint density at radius 3 is 1.85 bits per heavy atom. The zero-order valence-corrected chi connectivity index (χ0v) is 45.6. The van der Waals surface area contributed by atoms with Crippen LogP contribution < -0.4 is 13.7 Å². The number of hydrogen-bond donors (Lipinski definition) is 0. The largest absolute Gasteiger partial charge is 0.508 e. The number of nitrogens with zero attached hydrogens (tertiary/aromatic N) is 4. The molecule has 3 aliphatic rings. The first-order chi connectivity index (χ1) is 33.1. The van der Waals surface area contributed by atoms with E-state index >= 15 is 0 Å². The molecule has 1 fully saturated rings. The summed E-state index contributed by atoms with van der Waals surface area (Å²) in [5.41, 5.74) is 16.6. The molecule has 362 valence electrons. The Hall–Kier alpha value is -6.10. The van der Waals surface area contributed by atoms with Crippen LogP contribution in [0, 0.1) is 18.8 Å². The first-order valence-corrected chi connectivity index (χ1v) is 24.9. The Balaban J connectivity index is 0.00000582. The third kappa shape index (κ3) is 8.19. The van der Waals surface area contributed by atoms with Crippen molar-refractivity contribution in [3.8, 4) is 39.6 Å². The minimum Gasteiger partial charge on any atom is -0.508 e. The van der Waals surface area contributed by atoms with Crippen LogP contribution in [0.3, 0.4) is 0 Å². The van der Waals surface area contributed by atoms with Crippen LogP contribution in [0.25, 0.3) is 49.9 Å². The van der Waals surface area contributed by atoms with E-state index in [0.29, 0.717) is 20.5 Å². The average molecular weight is 1110 g/mol. The summed E-state index contributed by atoms with van der Waals surface area (Å²) in [6.45, 7) is 31.0. The van der Waals surface area contributed by atoms with E-state index in [1.54, 1.807) is 0 Å². The monoisotopic (exact) mass is 1110 g/mol. The van der Waals surface area contributed by atoms with E-state index in [4.69, 9.17) is 9.72 Å². The smallest absolute Gasteiger partial charge is 0.187 e. The SMILES string of the molecule is CC(C)(C)c1cccc(-c2cccc3c2[N@@+]2(c4cc(C(C)(C)C)cc(C(C)(C)C)c4)[CH-][N@+]3(c3[c-]c(Oc4[c-]c5c(cc4-c4ccccc4)c4ccccc4n5-c4cc(C(C)(C)C)ccn4)ccc3)C2)c1.[Pt]. The first kappa shape index (κ1) is 48.5. The maximum absolute atomic E-state index is 7.17. The molecule has 1 saturated heterocycles. The maximum Gasteiger partial charge on any atom is 0.187 e. The molecule has 3 aliphatic heterocycles. The van der Waals surface area contributed by atoms with E-state index in [1.807, 2.05) is 12.3 Å². The molecule has 6 heteroatoms. The molecule has 0 spiro atoms. The Bertz CT molecular complexity index is 3480. The summed E-state index contributed by atoms with van der Waals surface area (Å²) >= 11 is 0. The molecule has 5 heterocycles. The number of ether oxygens (including phenoxy) is 1. The normalized spacial score (nSPS) is 17.7. The van der Waals surface area contributed by atoms with Crippen molar-refractivity contribution in [1.29, 1.82) is 0 Å². The van der Waals surface area contributed by atoms with E-state index in [2.05, 4.69) is 252 Å². The molecule has 0 radical (unpaired) electrons. The van der Waals surface area contributed by atoms with Crippen molar-refractivity contribution < 1.29 is 25.8 Å². The van der Waals surface area contributed by atoms with Gasteiger partial charge in [-0.15, -0.1) is 23.6 Å². The van der Waals surface area contributed by atoms with Crippen molar-refractivity contribution in [2.45, 2.75) is 105 Å². The van der Waals surface area contributed by atoms with Gasteiger partial charge in [-0.05, 0) is 79.1 Å². The fourth-order valence-electron chi connectivity index (χ4n) is 10.8. The average Bonchev–Trinajstić information content (AvgIpc) is 3.92. The number of pyridine rings is 1. The van der Waals surface area contributed by atoms with Gasteiger partial charge in [-0.2, -0.15) is 12.1 Å². The number of rotatable bonds is 7. The van der Waals surface area contributed by atoms with Crippen molar-refractivity contribution in [3.05, 3.63) is 199 Å². The van der Waals surface area contributed by atoms with Crippen molar-refractivity contribution in [2.24, 2.45) is 0 Å². The van der Waals surface area contributed by atoms with E-state index in [0.717, 1.165) is 51.1 Å². The topological polar surface area (TPSA) is 27.1 Å². The van der Waals surface area contributed by atoms with Gasteiger partial charge in [0.05, 0.1) is 6.67 Å². The van der Waals surface area contributed by atoms with Crippen LogP contribution in [0.2, 0.25) is 0 Å². The van der Waals surface area contributed by atoms with E-state index in [-0.39, 0.29) is 42.7 Å². The van der Waals surface area contributed by atoms with Crippen LogP contribution in [-0.4, -0.2) is 16.2 Å². The van der Waals surface area contributed by atoms with Crippen LogP contribution in [0.1, 0.15) is 105 Å². The summed E-state index contributed by atoms with van der Waals surface area (Å²) < 4.78 is 10.6. The summed E-state index contributed by atoms with van der Waals surface area (Å²) in [7, 11) is 0. The predicted molar refractivity (Wildman–Crippen MR) is 293 cm³/mol. The van der Waals surface area contributed by atoms with Crippen molar-refractivity contribution in [1.82, 2.24) is 18.5 Å². The van der Waals surface area contributed by atoms with Gasteiger partial charge in [0.1, 0.15) is 11.5 Å². The second-order valence-corrected chi connectivity index (χ2v) is 23.9. The minimum atomic E-state index is -0.0469. The molecule has 0 saturated carbocycles. The van der Waals surface area contributed by atoms with Gasteiger partial charge in [-0.1, -0.05) is 191 Å². The second kappa shape index (κ2) is 17.0. The quantitative estimate of drug-likeness (QED) is 0.117. The Morgan fingerprint density at radius 1 is 0.535 bits per heavy atom. The molecule has 2 bridgehead atoms. The summed E-state index contributed by atoms with van der Waals surface area (Å²) in [6.07, 6.45) is 1.92. The molecule has 2 atom stereocenters. The zero-order valence-electron chi connectivity index (χ0n) is 43.3. The predicted octanol–water partition coefficient (Wildman–Crippen LogP) is 17.5. The molecule has 7 aromatic carbocycles. The Labute approximate surface area is 436 Å². The summed E-state index contributed by atoms with van der Waals surface area (Å²) in [6, 6.07) is 63.3. The van der Waals surface area contributed by atoms with Gasteiger partial charge in [0.2, 0.25) is 0 Å². The van der Waals surface area contributed by atoms with Gasteiger partial charge in [-0.3, -0.25) is 4.48 Å². The van der Waals surface area contributed by atoms with E-state index in [1.165, 1.54) is 50.4 Å². The second-order valence-electron chi connectivity index (χ2n) is 23.9. The maximum atomic E-state index is 7.17. The summed E-state index contributed by atoms with van der Waals surface area (Å²) in [4.78, 5) is 4.97. The van der Waals surface area contributed by atoms with Gasteiger partial charge >= 0.3 is 0 Å². The van der Waals surface area contributed by atoms with E-state index < -0.39 is 0 Å². The van der Waals surface area contributed by atoms with Gasteiger partial charge in [0.15, 0.2) is 18.0 Å². The van der Waals surface area contributed by atoms with Gasteiger partial charge < -0.3 is 13.8 Å². The number of hydrogen-bond acceptors (Lipinski definition) is 2. The van der Waals surface area contributed by atoms with Crippen LogP contribution in [-0.2, 0) is 42.7 Å². The standard InChI is InChI=1S/C65H65N4O.Pt/c1-62(2,3)45-24-18-23-44(33-45)52-28-20-30-58-61(52)69(50-35-47(64(7,8)9)34-48(36-50)65(10,11)12)41-68(58,42-69)49-25-19-26-51(38-49)70-59-40-57-55(39-54(59)43-21-14-13-15-22-43)53-27-16-17-29-56(53)67(57)60-37-46(31-32-66-60)63(4,5)6;/h13-37,39,41H,42H2,1-12H3;/q-1;/t68-,69+;/m1./s1. The summed E-state index contributed by atoms with van der Waals surface area (Å²) in [5, 5.41) is 2.23. The minimum absolute atomic E-state index is 0. The molecule has 0 unspecified atom stereocenters. The Kier molecular flexibility index (Phi) is 11.6. The van der Waals surface area contributed by atoms with Crippen molar-refractivity contribution >= 4 is 44.6 Å². The molecule has 2 aromatic heterocycles. The summed E-state index contributed by atoms with van der Waals surface area (Å²) in [5.74, 6) is 2.13. The third-order valence-electron chi connectivity index (χ3n) is 14.8. The number of benzene rings is 7. The van der Waals surface area contributed by atoms with Crippen LogP contribution in [0.5, 0.6) is 11.5 Å². The van der Waals surface area contributed by atoms with E-state index in [9.17, 15) is 0 Å². The van der Waals surface area contributed by atoms with Gasteiger partial charge in [0.25, 0.3) is 0 Å². The molecule has 12 rings (SSSR count). The Morgan fingerprint density at radius 2 is 1.15 bits per heavy atom. The van der Waals surface area contributed by atoms with Crippen molar-refractivity contribution in [2.75, 3.05) is 6.67 Å². The zero-order chi connectivity index (χ0) is 49.2. The van der Waals surface area contributed by atoms with Crippen LogP contribution in [0.4, 0.5) is 22.7 Å². The number of quaternary nitrogens is 2. The number of fused-ring (bicyclic) bond motifs is 3. The van der Waals surface area contributed by atoms with Crippen LogP contribution in [0.15, 0.2) is 158 Å². The molecular formula is C65H65N4OPt-. The molecule has 5 nitrogen and oxygen atoms in total. The molecule has 0 amide bonds. The fourth-order valence-corrected chi connectivity index (χ4v) is 10.8. The molecule has 71 heavy (non-hydrogen) atoms. The fraction of sp³-hybridized carbons (Fsp3) is 0.262. The third-order valence-corrected chi connectivity index (χ3v) is 14.8. The van der Waals surface area contributed by atoms with Crippen molar-refractivity contribution in [3.63, 3.8) is 0 Å². The molecular weight excluding hydrogens is 1050 g/mol. The number of aromatic nitrogens is 2.